The van der Waals surface area contributed by atoms with Gasteiger partial charge in [0.15, 0.2) is 11.5 Å². The molecule has 0 saturated carbocycles. The van der Waals surface area contributed by atoms with Gasteiger partial charge in [0, 0.05) is 42.1 Å². The summed E-state index contributed by atoms with van der Waals surface area (Å²) in [4.78, 5) is 27.7. The van der Waals surface area contributed by atoms with Crippen molar-refractivity contribution in [2.75, 3.05) is 39.2 Å². The minimum Gasteiger partial charge on any atom is -0.493 e. The number of nitrogens with one attached hydrogen (secondary N) is 2. The predicted molar refractivity (Wildman–Crippen MR) is 145 cm³/mol. The molecule has 2 aliphatic heterocycles. The molecular formula is C30H33N3O5. The monoisotopic (exact) mass is 515 g/mol. The summed E-state index contributed by atoms with van der Waals surface area (Å²) < 4.78 is 16.4. The quantitative estimate of drug-likeness (QED) is 0.416. The van der Waals surface area contributed by atoms with E-state index in [1.807, 2.05) is 59.5 Å². The first-order chi connectivity index (χ1) is 18.6. The van der Waals surface area contributed by atoms with Crippen LogP contribution in [0.15, 0.2) is 66.7 Å². The molecule has 2 N–H and O–H groups in total. The molecule has 2 aliphatic rings. The lowest BCUT2D eigenvalue weighted by Crippen LogP contribution is -2.38. The van der Waals surface area contributed by atoms with Crippen LogP contribution in [-0.4, -0.2) is 56.7 Å². The van der Waals surface area contributed by atoms with E-state index in [1.165, 1.54) is 0 Å². The van der Waals surface area contributed by atoms with Gasteiger partial charge in [-0.1, -0.05) is 24.3 Å². The number of fused-ring (bicyclic) bond motifs is 1. The number of rotatable bonds is 10. The van der Waals surface area contributed by atoms with Crippen LogP contribution in [0.5, 0.6) is 11.5 Å². The molecule has 2 heterocycles. The Morgan fingerprint density at radius 3 is 2.55 bits per heavy atom. The van der Waals surface area contributed by atoms with Crippen molar-refractivity contribution in [1.29, 1.82) is 0 Å². The van der Waals surface area contributed by atoms with Gasteiger partial charge in [0.05, 0.1) is 20.3 Å². The molecule has 8 heteroatoms. The minimum atomic E-state index is -0.288. The molecular weight excluding hydrogens is 482 g/mol. The first-order valence-electron chi connectivity index (χ1n) is 12.9. The van der Waals surface area contributed by atoms with Gasteiger partial charge in [-0.2, -0.15) is 0 Å². The fourth-order valence-electron chi connectivity index (χ4n) is 5.06. The van der Waals surface area contributed by atoms with Crippen LogP contribution in [0.4, 0.5) is 5.69 Å². The third kappa shape index (κ3) is 5.45. The van der Waals surface area contributed by atoms with E-state index in [0.717, 1.165) is 36.3 Å². The van der Waals surface area contributed by atoms with Crippen molar-refractivity contribution in [3.63, 3.8) is 0 Å². The van der Waals surface area contributed by atoms with Gasteiger partial charge < -0.3 is 29.7 Å². The molecule has 2 unspecified atom stereocenters. The highest BCUT2D eigenvalue weighted by molar-refractivity contribution is 5.99. The maximum Gasteiger partial charge on any atom is 0.256 e. The first kappa shape index (κ1) is 25.6. The summed E-state index contributed by atoms with van der Waals surface area (Å²) in [5.41, 5.74) is 4.11. The number of benzene rings is 3. The van der Waals surface area contributed by atoms with Crippen LogP contribution >= 0.6 is 0 Å². The molecule has 0 aliphatic carbocycles. The topological polar surface area (TPSA) is 89.1 Å². The van der Waals surface area contributed by atoms with Crippen molar-refractivity contribution in [2.45, 2.75) is 31.5 Å². The van der Waals surface area contributed by atoms with Crippen LogP contribution < -0.4 is 20.1 Å². The van der Waals surface area contributed by atoms with Crippen LogP contribution in [0.25, 0.3) is 0 Å². The van der Waals surface area contributed by atoms with E-state index in [0.29, 0.717) is 42.1 Å². The van der Waals surface area contributed by atoms with Crippen LogP contribution in [0.1, 0.15) is 50.9 Å². The Hall–Kier alpha value is -4.04. The zero-order chi connectivity index (χ0) is 26.5. The van der Waals surface area contributed by atoms with E-state index in [-0.39, 0.29) is 24.1 Å². The third-order valence-electron chi connectivity index (χ3n) is 7.08. The first-order valence-corrected chi connectivity index (χ1v) is 12.9. The Morgan fingerprint density at radius 1 is 1.03 bits per heavy atom. The standard InChI is InChI=1S/C30H33N3O5/c1-36-26-14-9-20(18-27(26)37-2)15-16-31-29(34)21-10-12-22(13-11-21)32-28-24-7-3-4-8-25(24)30(35)33(28)19-23-6-5-17-38-23/h3-4,7-14,18,23,28,32H,5-6,15-17,19H2,1-2H3,(H,31,34). The lowest BCUT2D eigenvalue weighted by Gasteiger charge is -2.29. The number of hydrogen-bond acceptors (Lipinski definition) is 6. The molecule has 38 heavy (non-hydrogen) atoms. The Bertz CT molecular complexity index is 1290. The van der Waals surface area contributed by atoms with Gasteiger partial charge in [-0.05, 0) is 67.3 Å². The molecule has 198 valence electrons. The average Bonchev–Trinajstić information content (AvgIpc) is 3.56. The number of amides is 2. The highest BCUT2D eigenvalue weighted by Gasteiger charge is 2.38. The summed E-state index contributed by atoms with van der Waals surface area (Å²) in [6.07, 6.45) is 2.42. The number of hydrogen-bond donors (Lipinski definition) is 2. The normalized spacial score (nSPS) is 18.3. The average molecular weight is 516 g/mol. The van der Waals surface area contributed by atoms with Crippen LogP contribution in [0.2, 0.25) is 0 Å². The van der Waals surface area contributed by atoms with Crippen molar-refractivity contribution in [2.24, 2.45) is 0 Å². The Balaban J connectivity index is 1.21. The molecule has 1 saturated heterocycles. The van der Waals surface area contributed by atoms with Gasteiger partial charge in [0.1, 0.15) is 6.17 Å². The zero-order valence-corrected chi connectivity index (χ0v) is 21.7. The predicted octanol–water partition coefficient (Wildman–Crippen LogP) is 4.42. The molecule has 1 fully saturated rings. The highest BCUT2D eigenvalue weighted by atomic mass is 16.5. The maximum atomic E-state index is 13.2. The molecule has 2 atom stereocenters. The third-order valence-corrected chi connectivity index (χ3v) is 7.08. The molecule has 0 aromatic heterocycles. The van der Waals surface area contributed by atoms with Gasteiger partial charge >= 0.3 is 0 Å². The summed E-state index contributed by atoms with van der Waals surface area (Å²) >= 11 is 0. The number of ether oxygens (including phenoxy) is 3. The van der Waals surface area contributed by atoms with Crippen molar-refractivity contribution in [3.8, 4) is 11.5 Å². The van der Waals surface area contributed by atoms with Crippen molar-refractivity contribution in [1.82, 2.24) is 10.2 Å². The SMILES string of the molecule is COc1ccc(CCNC(=O)c2ccc(NC3c4ccccc4C(=O)N3CC3CCCO3)cc2)cc1OC. The number of carbonyl (C=O) groups excluding carboxylic acids is 2. The summed E-state index contributed by atoms with van der Waals surface area (Å²) in [5, 5.41) is 6.47. The van der Waals surface area contributed by atoms with Crippen LogP contribution in [0, 0.1) is 0 Å². The number of anilines is 1. The second-order valence-electron chi connectivity index (χ2n) is 9.50. The molecule has 3 aromatic carbocycles. The largest absolute Gasteiger partial charge is 0.493 e. The van der Waals surface area contributed by atoms with E-state index in [1.54, 1.807) is 26.4 Å². The summed E-state index contributed by atoms with van der Waals surface area (Å²) in [7, 11) is 3.21. The molecule has 2 amide bonds. The number of carbonyl (C=O) groups is 2. The van der Waals surface area contributed by atoms with Gasteiger partial charge in [-0.3, -0.25) is 9.59 Å². The Kier molecular flexibility index (Phi) is 7.79. The Morgan fingerprint density at radius 2 is 1.82 bits per heavy atom. The number of methoxy groups -OCH3 is 2. The van der Waals surface area contributed by atoms with Gasteiger partial charge in [0.25, 0.3) is 11.8 Å². The molecule has 0 radical (unpaired) electrons. The molecule has 0 spiro atoms. The van der Waals surface area contributed by atoms with Gasteiger partial charge in [-0.25, -0.2) is 0 Å². The summed E-state index contributed by atoms with van der Waals surface area (Å²) in [6.45, 7) is 1.79. The van der Waals surface area contributed by atoms with E-state index in [2.05, 4.69) is 10.6 Å². The lowest BCUT2D eigenvalue weighted by molar-refractivity contribution is 0.0489. The summed E-state index contributed by atoms with van der Waals surface area (Å²) in [6, 6.07) is 20.8. The lowest BCUT2D eigenvalue weighted by atomic mass is 10.1. The van der Waals surface area contributed by atoms with Crippen molar-refractivity contribution in [3.05, 3.63) is 89.0 Å². The Labute approximate surface area is 222 Å². The van der Waals surface area contributed by atoms with Gasteiger partial charge in [-0.15, -0.1) is 0 Å². The minimum absolute atomic E-state index is 0.0130. The smallest absolute Gasteiger partial charge is 0.256 e. The van der Waals surface area contributed by atoms with E-state index >= 15 is 0 Å². The van der Waals surface area contributed by atoms with Crippen molar-refractivity contribution >= 4 is 17.5 Å². The fourth-order valence-corrected chi connectivity index (χ4v) is 5.06. The van der Waals surface area contributed by atoms with E-state index < -0.39 is 0 Å². The van der Waals surface area contributed by atoms with Crippen LogP contribution in [0.3, 0.4) is 0 Å². The second kappa shape index (κ2) is 11.6. The molecule has 0 bridgehead atoms. The second-order valence-corrected chi connectivity index (χ2v) is 9.50. The zero-order valence-electron chi connectivity index (χ0n) is 21.7. The van der Waals surface area contributed by atoms with Crippen LogP contribution in [-0.2, 0) is 11.2 Å². The summed E-state index contributed by atoms with van der Waals surface area (Å²) in [5.74, 6) is 1.22. The highest BCUT2D eigenvalue weighted by Crippen LogP contribution is 2.35. The van der Waals surface area contributed by atoms with E-state index in [4.69, 9.17) is 14.2 Å². The molecule has 8 nitrogen and oxygen atoms in total. The van der Waals surface area contributed by atoms with Crippen molar-refractivity contribution < 1.29 is 23.8 Å². The number of nitrogens with zero attached hydrogens (tertiary/aromatic N) is 1. The maximum absolute atomic E-state index is 13.2. The molecule has 3 aromatic rings. The molecule has 5 rings (SSSR count). The fraction of sp³-hybridized carbons (Fsp3) is 0.333. The van der Waals surface area contributed by atoms with Gasteiger partial charge in [0.2, 0.25) is 0 Å². The van der Waals surface area contributed by atoms with E-state index in [9.17, 15) is 9.59 Å².